The van der Waals surface area contributed by atoms with Crippen molar-refractivity contribution in [1.29, 1.82) is 0 Å². The number of benzene rings is 1. The van der Waals surface area contributed by atoms with Crippen LogP contribution in [0.2, 0.25) is 0 Å². The van der Waals surface area contributed by atoms with Gasteiger partial charge < -0.3 is 10.6 Å². The SMILES string of the molecule is O=C1CCc2cc(CNC(=O)C3CCCC3)ccc2N1. The van der Waals surface area contributed by atoms with Gasteiger partial charge in [0.1, 0.15) is 0 Å². The van der Waals surface area contributed by atoms with E-state index in [9.17, 15) is 9.59 Å². The third-order valence-corrected chi connectivity index (χ3v) is 4.26. The van der Waals surface area contributed by atoms with E-state index in [1.807, 2.05) is 12.1 Å². The van der Waals surface area contributed by atoms with Crippen LogP contribution >= 0.6 is 0 Å². The second kappa shape index (κ2) is 5.65. The largest absolute Gasteiger partial charge is 0.352 e. The molecule has 2 aliphatic rings. The van der Waals surface area contributed by atoms with Crippen molar-refractivity contribution in [2.24, 2.45) is 5.92 Å². The van der Waals surface area contributed by atoms with Crippen LogP contribution in [0.4, 0.5) is 5.69 Å². The van der Waals surface area contributed by atoms with Crippen LogP contribution in [0.25, 0.3) is 0 Å². The molecule has 0 aromatic heterocycles. The number of carbonyl (C=O) groups excluding carboxylic acids is 2. The Morgan fingerprint density at radius 2 is 2.05 bits per heavy atom. The number of amides is 2. The highest BCUT2D eigenvalue weighted by Gasteiger charge is 2.22. The normalized spacial score (nSPS) is 18.5. The van der Waals surface area contributed by atoms with Gasteiger partial charge in [-0.15, -0.1) is 0 Å². The highest BCUT2D eigenvalue weighted by atomic mass is 16.2. The first kappa shape index (κ1) is 13.2. The number of anilines is 1. The minimum Gasteiger partial charge on any atom is -0.352 e. The standard InChI is InChI=1S/C16H20N2O2/c19-15-8-6-13-9-11(5-7-14(13)18-15)10-17-16(20)12-3-1-2-4-12/h5,7,9,12H,1-4,6,8,10H2,(H,17,20)(H,18,19). The highest BCUT2D eigenvalue weighted by molar-refractivity contribution is 5.93. The fraction of sp³-hybridized carbons (Fsp3) is 0.500. The van der Waals surface area contributed by atoms with Crippen molar-refractivity contribution in [2.45, 2.75) is 45.1 Å². The molecule has 4 heteroatoms. The Labute approximate surface area is 118 Å². The van der Waals surface area contributed by atoms with Crippen molar-refractivity contribution in [3.8, 4) is 0 Å². The average Bonchev–Trinajstić information content (AvgIpc) is 2.99. The topological polar surface area (TPSA) is 58.2 Å². The molecule has 1 heterocycles. The lowest BCUT2D eigenvalue weighted by Crippen LogP contribution is -2.28. The van der Waals surface area contributed by atoms with Crippen molar-refractivity contribution in [2.75, 3.05) is 5.32 Å². The van der Waals surface area contributed by atoms with Crippen molar-refractivity contribution in [3.63, 3.8) is 0 Å². The van der Waals surface area contributed by atoms with Crippen LogP contribution in [0.3, 0.4) is 0 Å². The van der Waals surface area contributed by atoms with Gasteiger partial charge >= 0.3 is 0 Å². The second-order valence-electron chi connectivity index (χ2n) is 5.74. The zero-order chi connectivity index (χ0) is 13.9. The molecule has 2 N–H and O–H groups in total. The summed E-state index contributed by atoms with van der Waals surface area (Å²) in [6.45, 7) is 0.580. The number of fused-ring (bicyclic) bond motifs is 1. The molecule has 1 aliphatic carbocycles. The van der Waals surface area contributed by atoms with Gasteiger partial charge in [-0.3, -0.25) is 9.59 Å². The Morgan fingerprint density at radius 1 is 1.25 bits per heavy atom. The minimum atomic E-state index is 0.0831. The van der Waals surface area contributed by atoms with Gasteiger partial charge in [0, 0.05) is 24.6 Å². The van der Waals surface area contributed by atoms with E-state index in [0.717, 1.165) is 36.1 Å². The van der Waals surface area contributed by atoms with E-state index in [0.29, 0.717) is 13.0 Å². The van der Waals surface area contributed by atoms with Gasteiger partial charge in [-0.1, -0.05) is 25.0 Å². The van der Waals surface area contributed by atoms with Crippen LogP contribution in [0.1, 0.15) is 43.2 Å². The maximum absolute atomic E-state index is 12.0. The molecule has 20 heavy (non-hydrogen) atoms. The number of hydrogen-bond acceptors (Lipinski definition) is 2. The number of rotatable bonds is 3. The Hall–Kier alpha value is -1.84. The van der Waals surface area contributed by atoms with Gasteiger partial charge in [0.2, 0.25) is 11.8 Å². The monoisotopic (exact) mass is 272 g/mol. The summed E-state index contributed by atoms with van der Waals surface area (Å²) in [6.07, 6.45) is 5.74. The molecule has 1 aromatic rings. The van der Waals surface area contributed by atoms with Crippen LogP contribution in [0.5, 0.6) is 0 Å². The number of nitrogens with one attached hydrogen (secondary N) is 2. The van der Waals surface area contributed by atoms with Crippen LogP contribution < -0.4 is 10.6 Å². The van der Waals surface area contributed by atoms with Crippen LogP contribution in [-0.4, -0.2) is 11.8 Å². The average molecular weight is 272 g/mol. The number of carbonyl (C=O) groups is 2. The smallest absolute Gasteiger partial charge is 0.224 e. The zero-order valence-electron chi connectivity index (χ0n) is 11.6. The van der Waals surface area contributed by atoms with E-state index in [-0.39, 0.29) is 17.7 Å². The molecular weight excluding hydrogens is 252 g/mol. The first-order valence-electron chi connectivity index (χ1n) is 7.42. The van der Waals surface area contributed by atoms with Crippen LogP contribution in [0.15, 0.2) is 18.2 Å². The van der Waals surface area contributed by atoms with Crippen molar-refractivity contribution in [1.82, 2.24) is 5.32 Å². The lowest BCUT2D eigenvalue weighted by Gasteiger charge is -2.18. The van der Waals surface area contributed by atoms with E-state index >= 15 is 0 Å². The molecule has 106 valence electrons. The van der Waals surface area contributed by atoms with E-state index in [2.05, 4.69) is 16.7 Å². The highest BCUT2D eigenvalue weighted by Crippen LogP contribution is 2.25. The fourth-order valence-electron chi connectivity index (χ4n) is 3.07. The van der Waals surface area contributed by atoms with Gasteiger partial charge in [-0.25, -0.2) is 0 Å². The summed E-state index contributed by atoms with van der Waals surface area (Å²) in [5.74, 6) is 0.486. The summed E-state index contributed by atoms with van der Waals surface area (Å²) in [7, 11) is 0. The summed E-state index contributed by atoms with van der Waals surface area (Å²) in [6, 6.07) is 5.99. The molecule has 1 aromatic carbocycles. The summed E-state index contributed by atoms with van der Waals surface area (Å²) in [5, 5.41) is 5.90. The molecule has 4 nitrogen and oxygen atoms in total. The molecule has 0 atom stereocenters. The van der Waals surface area contributed by atoms with E-state index in [4.69, 9.17) is 0 Å². The molecule has 0 saturated heterocycles. The zero-order valence-corrected chi connectivity index (χ0v) is 11.6. The molecule has 3 rings (SSSR count). The molecule has 0 bridgehead atoms. The Bertz CT molecular complexity index is 533. The van der Waals surface area contributed by atoms with Crippen molar-refractivity contribution in [3.05, 3.63) is 29.3 Å². The molecule has 1 aliphatic heterocycles. The fourth-order valence-corrected chi connectivity index (χ4v) is 3.07. The summed E-state index contributed by atoms with van der Waals surface area (Å²) in [5.41, 5.74) is 3.18. The summed E-state index contributed by atoms with van der Waals surface area (Å²) < 4.78 is 0. The van der Waals surface area contributed by atoms with Crippen LogP contribution in [-0.2, 0) is 22.6 Å². The second-order valence-corrected chi connectivity index (χ2v) is 5.74. The number of aryl methyl sites for hydroxylation is 1. The molecule has 1 fully saturated rings. The van der Waals surface area contributed by atoms with Gasteiger partial charge in [-0.05, 0) is 36.5 Å². The molecule has 2 amide bonds. The molecule has 1 saturated carbocycles. The first-order chi connectivity index (χ1) is 9.72. The molecule has 0 radical (unpaired) electrons. The Balaban J connectivity index is 1.60. The number of hydrogen-bond donors (Lipinski definition) is 2. The van der Waals surface area contributed by atoms with Gasteiger partial charge in [0.25, 0.3) is 0 Å². The maximum Gasteiger partial charge on any atom is 0.224 e. The third-order valence-electron chi connectivity index (χ3n) is 4.26. The Morgan fingerprint density at radius 3 is 2.85 bits per heavy atom. The van der Waals surface area contributed by atoms with Crippen LogP contribution in [0, 0.1) is 5.92 Å². The quantitative estimate of drug-likeness (QED) is 0.887. The maximum atomic E-state index is 12.0. The summed E-state index contributed by atoms with van der Waals surface area (Å²) in [4.78, 5) is 23.3. The third kappa shape index (κ3) is 2.84. The Kier molecular flexibility index (Phi) is 3.72. The van der Waals surface area contributed by atoms with E-state index in [1.165, 1.54) is 12.8 Å². The minimum absolute atomic E-state index is 0.0831. The van der Waals surface area contributed by atoms with Gasteiger partial charge in [-0.2, -0.15) is 0 Å². The van der Waals surface area contributed by atoms with Crippen molar-refractivity contribution >= 4 is 17.5 Å². The molecular formula is C16H20N2O2. The first-order valence-corrected chi connectivity index (χ1v) is 7.42. The predicted molar refractivity (Wildman–Crippen MR) is 77.2 cm³/mol. The predicted octanol–water partition coefficient (Wildman–Crippen LogP) is 2.38. The summed E-state index contributed by atoms with van der Waals surface area (Å²) >= 11 is 0. The molecule has 0 spiro atoms. The lowest BCUT2D eigenvalue weighted by molar-refractivity contribution is -0.125. The molecule has 0 unspecified atom stereocenters. The van der Waals surface area contributed by atoms with Gasteiger partial charge in [0.15, 0.2) is 0 Å². The van der Waals surface area contributed by atoms with E-state index in [1.54, 1.807) is 0 Å². The van der Waals surface area contributed by atoms with Gasteiger partial charge in [0.05, 0.1) is 0 Å². The lowest BCUT2D eigenvalue weighted by atomic mass is 10.00. The van der Waals surface area contributed by atoms with Crippen molar-refractivity contribution < 1.29 is 9.59 Å². The van der Waals surface area contributed by atoms with E-state index < -0.39 is 0 Å².